The van der Waals surface area contributed by atoms with Gasteiger partial charge >= 0.3 is 0 Å². The normalized spacial score (nSPS) is 10.1. The molecule has 4 N–H and O–H groups in total. The third kappa shape index (κ3) is 2.34. The van der Waals surface area contributed by atoms with E-state index < -0.39 is 5.91 Å². The lowest BCUT2D eigenvalue weighted by molar-refractivity contribution is 0.101. The van der Waals surface area contributed by atoms with E-state index in [0.717, 1.165) is 4.47 Å². The summed E-state index contributed by atoms with van der Waals surface area (Å²) in [6.45, 7) is 0. The first-order valence-corrected chi connectivity index (χ1v) is 5.05. The van der Waals surface area contributed by atoms with Gasteiger partial charge < -0.3 is 11.1 Å². The van der Waals surface area contributed by atoms with Crippen molar-refractivity contribution in [3.05, 3.63) is 28.6 Å². The van der Waals surface area contributed by atoms with Gasteiger partial charge in [-0.1, -0.05) is 0 Å². The van der Waals surface area contributed by atoms with E-state index in [4.69, 9.17) is 5.73 Å². The first kappa shape index (κ1) is 10.6. The molecule has 2 heterocycles. The van der Waals surface area contributed by atoms with Crippen molar-refractivity contribution in [2.75, 3.05) is 11.1 Å². The van der Waals surface area contributed by atoms with Crippen LogP contribution in [0.5, 0.6) is 0 Å². The van der Waals surface area contributed by atoms with Crippen LogP contribution in [0.25, 0.3) is 0 Å². The number of nitrogens with one attached hydrogen (secondary N) is 2. The molecule has 0 aliphatic rings. The number of aromatic amines is 1. The van der Waals surface area contributed by atoms with Crippen LogP contribution >= 0.6 is 15.9 Å². The lowest BCUT2D eigenvalue weighted by Gasteiger charge is -2.00. The number of nitrogen functional groups attached to an aromatic ring is 1. The van der Waals surface area contributed by atoms with E-state index in [1.165, 1.54) is 0 Å². The molecule has 0 aliphatic carbocycles. The number of nitrogens with zero attached hydrogens (tertiary/aromatic N) is 3. The summed E-state index contributed by atoms with van der Waals surface area (Å²) in [6, 6.07) is 3.42. The quantitative estimate of drug-likeness (QED) is 0.755. The Balaban J connectivity index is 2.10. The number of anilines is 2. The Morgan fingerprint density at radius 3 is 2.88 bits per heavy atom. The topological polar surface area (TPSA) is 110 Å². The minimum Gasteiger partial charge on any atom is -0.366 e. The molecule has 0 saturated carbocycles. The van der Waals surface area contributed by atoms with Crippen molar-refractivity contribution >= 4 is 33.6 Å². The molecule has 0 bridgehead atoms. The Morgan fingerprint density at radius 1 is 1.50 bits per heavy atom. The summed E-state index contributed by atoms with van der Waals surface area (Å²) >= 11 is 3.24. The van der Waals surface area contributed by atoms with Crippen molar-refractivity contribution in [2.45, 2.75) is 0 Å². The van der Waals surface area contributed by atoms with Gasteiger partial charge in [0.1, 0.15) is 5.82 Å². The third-order valence-corrected chi connectivity index (χ3v) is 2.16. The third-order valence-electron chi connectivity index (χ3n) is 1.69. The van der Waals surface area contributed by atoms with Crippen LogP contribution in [0.4, 0.5) is 11.8 Å². The maximum Gasteiger partial charge on any atom is 0.294 e. The molecule has 16 heavy (non-hydrogen) atoms. The van der Waals surface area contributed by atoms with Crippen molar-refractivity contribution in [2.24, 2.45) is 0 Å². The molecule has 0 unspecified atom stereocenters. The first-order chi connectivity index (χ1) is 7.65. The van der Waals surface area contributed by atoms with Crippen molar-refractivity contribution in [1.82, 2.24) is 20.2 Å². The smallest absolute Gasteiger partial charge is 0.294 e. The molecule has 0 atom stereocenters. The molecule has 0 radical (unpaired) electrons. The van der Waals surface area contributed by atoms with E-state index in [-0.39, 0.29) is 11.8 Å². The highest BCUT2D eigenvalue weighted by atomic mass is 79.9. The first-order valence-electron chi connectivity index (χ1n) is 4.26. The van der Waals surface area contributed by atoms with Crippen molar-refractivity contribution in [1.29, 1.82) is 0 Å². The van der Waals surface area contributed by atoms with Gasteiger partial charge in [0.05, 0.1) is 0 Å². The number of amides is 1. The molecule has 0 aliphatic heterocycles. The number of rotatable bonds is 2. The Bertz CT molecular complexity index is 508. The summed E-state index contributed by atoms with van der Waals surface area (Å²) in [7, 11) is 0. The minimum absolute atomic E-state index is 0.0221. The molecule has 2 aromatic heterocycles. The fraction of sp³-hybridized carbons (Fsp3) is 0. The van der Waals surface area contributed by atoms with E-state index in [2.05, 4.69) is 41.4 Å². The monoisotopic (exact) mass is 282 g/mol. The maximum absolute atomic E-state index is 11.6. The summed E-state index contributed by atoms with van der Waals surface area (Å²) in [5, 5.41) is 8.49. The number of carbonyl (C=O) groups excluding carboxylic acids is 1. The lowest BCUT2D eigenvalue weighted by Crippen LogP contribution is -2.14. The number of aromatic nitrogens is 4. The minimum atomic E-state index is -0.445. The van der Waals surface area contributed by atoms with Crippen LogP contribution < -0.4 is 11.1 Å². The van der Waals surface area contributed by atoms with Crippen LogP contribution in [-0.4, -0.2) is 26.1 Å². The van der Waals surface area contributed by atoms with Gasteiger partial charge in [0.25, 0.3) is 5.91 Å². The fourth-order valence-electron chi connectivity index (χ4n) is 1.00. The van der Waals surface area contributed by atoms with E-state index in [1.807, 2.05) is 0 Å². The van der Waals surface area contributed by atoms with Gasteiger partial charge in [0.2, 0.25) is 11.8 Å². The SMILES string of the molecule is Nc1n[nH]c(C(=O)Nc2ccc(Br)cn2)n1. The highest BCUT2D eigenvalue weighted by Crippen LogP contribution is 2.10. The van der Waals surface area contributed by atoms with Crippen LogP contribution in [0.1, 0.15) is 10.6 Å². The molecule has 0 spiro atoms. The van der Waals surface area contributed by atoms with Crippen LogP contribution in [0.3, 0.4) is 0 Å². The number of pyridine rings is 1. The van der Waals surface area contributed by atoms with Gasteiger partial charge in [0.15, 0.2) is 0 Å². The summed E-state index contributed by atoms with van der Waals surface area (Å²) in [4.78, 5) is 19.2. The van der Waals surface area contributed by atoms with E-state index >= 15 is 0 Å². The van der Waals surface area contributed by atoms with Gasteiger partial charge in [-0.3, -0.25) is 9.89 Å². The second-order valence-electron chi connectivity index (χ2n) is 2.86. The molecular weight excluding hydrogens is 276 g/mol. The summed E-state index contributed by atoms with van der Waals surface area (Å²) in [6.07, 6.45) is 1.57. The second kappa shape index (κ2) is 4.27. The molecule has 8 heteroatoms. The van der Waals surface area contributed by atoms with Gasteiger partial charge in [0, 0.05) is 10.7 Å². The Morgan fingerprint density at radius 2 is 2.31 bits per heavy atom. The summed E-state index contributed by atoms with van der Waals surface area (Å²) in [5.41, 5.74) is 5.27. The molecule has 0 fully saturated rings. The van der Waals surface area contributed by atoms with E-state index in [9.17, 15) is 4.79 Å². The number of H-pyrrole nitrogens is 1. The number of nitrogens with two attached hydrogens (primary N) is 1. The number of hydrogen-bond donors (Lipinski definition) is 3. The standard InChI is InChI=1S/C8H7BrN6O/c9-4-1-2-5(11-3-4)12-7(16)6-13-8(10)15-14-6/h1-3H,(H,11,12,16)(H3,10,13,14,15). The highest BCUT2D eigenvalue weighted by molar-refractivity contribution is 9.10. The van der Waals surface area contributed by atoms with Gasteiger partial charge in [-0.15, -0.1) is 5.10 Å². The lowest BCUT2D eigenvalue weighted by atomic mass is 10.4. The number of carbonyl (C=O) groups is 1. The van der Waals surface area contributed by atoms with Crippen molar-refractivity contribution in [3.8, 4) is 0 Å². The number of halogens is 1. The molecule has 2 rings (SSSR count). The molecule has 1 amide bonds. The van der Waals surface area contributed by atoms with Gasteiger partial charge in [-0.2, -0.15) is 4.98 Å². The maximum atomic E-state index is 11.6. The summed E-state index contributed by atoms with van der Waals surface area (Å²) < 4.78 is 0.828. The molecule has 2 aromatic rings. The van der Waals surface area contributed by atoms with Crippen LogP contribution in [-0.2, 0) is 0 Å². The zero-order valence-corrected chi connectivity index (χ0v) is 9.52. The number of hydrogen-bond acceptors (Lipinski definition) is 5. The predicted molar refractivity (Wildman–Crippen MR) is 60.7 cm³/mol. The molecular formula is C8H7BrN6O. The zero-order chi connectivity index (χ0) is 11.5. The average Bonchev–Trinajstić information content (AvgIpc) is 2.68. The van der Waals surface area contributed by atoms with Gasteiger partial charge in [-0.05, 0) is 28.1 Å². The second-order valence-corrected chi connectivity index (χ2v) is 3.77. The Kier molecular flexibility index (Phi) is 2.82. The molecule has 0 aromatic carbocycles. The summed E-state index contributed by atoms with van der Waals surface area (Å²) in [5.74, 6) is 0.0401. The highest BCUT2D eigenvalue weighted by Gasteiger charge is 2.10. The molecule has 0 saturated heterocycles. The van der Waals surface area contributed by atoms with Crippen LogP contribution in [0, 0.1) is 0 Å². The largest absolute Gasteiger partial charge is 0.366 e. The van der Waals surface area contributed by atoms with Gasteiger partial charge in [-0.25, -0.2) is 4.98 Å². The predicted octanol–water partition coefficient (Wildman–Crippen LogP) is 0.797. The Labute approximate surface area is 98.6 Å². The Hall–Kier alpha value is -1.96. The molecule has 7 nitrogen and oxygen atoms in total. The zero-order valence-electron chi connectivity index (χ0n) is 7.94. The van der Waals surface area contributed by atoms with Crippen molar-refractivity contribution in [3.63, 3.8) is 0 Å². The average molecular weight is 283 g/mol. The van der Waals surface area contributed by atoms with Crippen LogP contribution in [0.15, 0.2) is 22.8 Å². The fourth-order valence-corrected chi connectivity index (χ4v) is 1.24. The molecule has 82 valence electrons. The van der Waals surface area contributed by atoms with Crippen LogP contribution in [0.2, 0.25) is 0 Å². The van der Waals surface area contributed by atoms with Crippen molar-refractivity contribution < 1.29 is 4.79 Å². The van der Waals surface area contributed by atoms with E-state index in [0.29, 0.717) is 5.82 Å². The van der Waals surface area contributed by atoms with E-state index in [1.54, 1.807) is 18.3 Å².